The van der Waals surface area contributed by atoms with Crippen LogP contribution >= 0.6 is 22.7 Å². The van der Waals surface area contributed by atoms with Crippen LogP contribution in [0, 0.1) is 0 Å². The molecule has 6 nitrogen and oxygen atoms in total. The summed E-state index contributed by atoms with van der Waals surface area (Å²) in [5, 5.41) is 7.12. The van der Waals surface area contributed by atoms with Crippen LogP contribution in [-0.4, -0.2) is 29.1 Å². The summed E-state index contributed by atoms with van der Waals surface area (Å²) in [6.07, 6.45) is 5.51. The van der Waals surface area contributed by atoms with Crippen molar-refractivity contribution in [1.82, 2.24) is 29.1 Å². The summed E-state index contributed by atoms with van der Waals surface area (Å²) in [4.78, 5) is 21.7. The van der Waals surface area contributed by atoms with Crippen LogP contribution in [0.15, 0.2) is 97.5 Å². The van der Waals surface area contributed by atoms with E-state index in [9.17, 15) is 0 Å². The first-order valence-corrected chi connectivity index (χ1v) is 13.9. The van der Waals surface area contributed by atoms with Crippen molar-refractivity contribution >= 4 is 85.3 Å². The van der Waals surface area contributed by atoms with E-state index >= 15 is 0 Å². The molecule has 0 aliphatic heterocycles. The highest BCUT2D eigenvalue weighted by molar-refractivity contribution is 7.26. The van der Waals surface area contributed by atoms with Crippen molar-refractivity contribution in [2.45, 2.75) is 0 Å². The maximum atomic E-state index is 5.15. The fraction of sp³-hybridized carbons (Fsp3) is 0. The number of pyridine rings is 2. The molecule has 0 N–H and O–H groups in total. The van der Waals surface area contributed by atoms with E-state index in [2.05, 4.69) is 69.8 Å². The smallest absolute Gasteiger partial charge is 0.238 e. The van der Waals surface area contributed by atoms with Gasteiger partial charge in [-0.25, -0.2) is 15.0 Å². The Hall–Kier alpha value is -4.66. The van der Waals surface area contributed by atoms with Gasteiger partial charge in [-0.3, -0.25) is 9.13 Å². The van der Waals surface area contributed by atoms with Gasteiger partial charge < -0.3 is 0 Å². The molecule has 2 aromatic carbocycles. The summed E-state index contributed by atoms with van der Waals surface area (Å²) in [5.74, 6) is 1.38. The Labute approximate surface area is 223 Å². The summed E-state index contributed by atoms with van der Waals surface area (Å²) >= 11 is 3.51. The van der Waals surface area contributed by atoms with Gasteiger partial charge in [0.15, 0.2) is 0 Å². The molecule has 0 saturated heterocycles. The predicted molar refractivity (Wildman–Crippen MR) is 157 cm³/mol. The molecule has 7 aromatic heterocycles. The van der Waals surface area contributed by atoms with Gasteiger partial charge in [0, 0.05) is 60.3 Å². The molecule has 0 fully saturated rings. The molecular weight excluding hydrogens is 509 g/mol. The molecule has 8 heteroatoms. The van der Waals surface area contributed by atoms with Crippen LogP contribution < -0.4 is 0 Å². The average Bonchev–Trinajstić information content (AvgIpc) is 3.69. The largest absolute Gasteiger partial charge is 0.268 e. The van der Waals surface area contributed by atoms with Crippen molar-refractivity contribution < 1.29 is 0 Å². The lowest BCUT2D eigenvalue weighted by Crippen LogP contribution is -2.05. The van der Waals surface area contributed by atoms with Crippen molar-refractivity contribution in [3.8, 4) is 11.8 Å². The van der Waals surface area contributed by atoms with Crippen LogP contribution in [0.4, 0.5) is 0 Å². The van der Waals surface area contributed by atoms with Crippen LogP contribution in [-0.2, 0) is 0 Å². The number of fused-ring (bicyclic) bond motifs is 10. The first kappa shape index (κ1) is 20.4. The van der Waals surface area contributed by atoms with Gasteiger partial charge in [0.05, 0.1) is 0 Å². The van der Waals surface area contributed by atoms with Gasteiger partial charge in [0.2, 0.25) is 5.95 Å². The monoisotopic (exact) mass is 524 g/mol. The quantitative estimate of drug-likeness (QED) is 0.231. The minimum atomic E-state index is 0.597. The molecule has 0 spiro atoms. The number of rotatable bonds is 2. The van der Waals surface area contributed by atoms with E-state index in [4.69, 9.17) is 19.9 Å². The summed E-state index contributed by atoms with van der Waals surface area (Å²) in [6, 6.07) is 27.3. The van der Waals surface area contributed by atoms with Crippen molar-refractivity contribution in [3.05, 3.63) is 97.5 Å². The van der Waals surface area contributed by atoms with Gasteiger partial charge >= 0.3 is 0 Å². The second-order valence-electron chi connectivity index (χ2n) is 9.19. The number of benzene rings is 2. The standard InChI is InChI=1S/C30H16N6S2/c1-3-11-21-17(7-1)24-19-9-5-14-31-26(19)35(28(24)37-21)23-13-16-33-30(34-23)36-27-20(10-6-15-32-27)25-18-8-2-4-12-22(18)38-29(25)36/h1-16H. The molecule has 38 heavy (non-hydrogen) atoms. The highest BCUT2D eigenvalue weighted by Crippen LogP contribution is 2.43. The van der Waals surface area contributed by atoms with Crippen molar-refractivity contribution in [1.29, 1.82) is 0 Å². The zero-order valence-electron chi connectivity index (χ0n) is 19.7. The molecule has 0 aliphatic rings. The molecule has 0 saturated carbocycles. The van der Waals surface area contributed by atoms with Gasteiger partial charge in [0.25, 0.3) is 0 Å². The summed E-state index contributed by atoms with van der Waals surface area (Å²) in [7, 11) is 0. The molecule has 0 atom stereocenters. The minimum absolute atomic E-state index is 0.597. The van der Waals surface area contributed by atoms with Gasteiger partial charge in [-0.05, 0) is 42.5 Å². The maximum absolute atomic E-state index is 5.15. The second kappa shape index (κ2) is 7.44. The summed E-state index contributed by atoms with van der Waals surface area (Å²) < 4.78 is 6.75. The summed E-state index contributed by atoms with van der Waals surface area (Å²) in [5.41, 5.74) is 1.76. The first-order valence-electron chi connectivity index (χ1n) is 12.2. The van der Waals surface area contributed by atoms with Gasteiger partial charge in [-0.15, -0.1) is 22.7 Å². The summed E-state index contributed by atoms with van der Waals surface area (Å²) in [6.45, 7) is 0. The fourth-order valence-corrected chi connectivity index (χ4v) is 8.05. The second-order valence-corrected chi connectivity index (χ2v) is 11.3. The molecule has 9 aromatic rings. The zero-order chi connectivity index (χ0) is 24.8. The number of thiophene rings is 2. The normalized spacial score (nSPS) is 12.2. The first-order chi connectivity index (χ1) is 18.9. The predicted octanol–water partition coefficient (Wildman–Crippen LogP) is 7.89. The van der Waals surface area contributed by atoms with Crippen molar-refractivity contribution in [3.63, 3.8) is 0 Å². The Morgan fingerprint density at radius 3 is 1.71 bits per heavy atom. The van der Waals surface area contributed by atoms with Gasteiger partial charge in [0.1, 0.15) is 26.8 Å². The van der Waals surface area contributed by atoms with E-state index in [-0.39, 0.29) is 0 Å². The molecule has 0 aliphatic carbocycles. The highest BCUT2D eigenvalue weighted by Gasteiger charge is 2.22. The van der Waals surface area contributed by atoms with E-state index in [1.807, 2.05) is 36.8 Å². The molecular formula is C30H16N6S2. The average molecular weight is 525 g/mol. The molecule has 178 valence electrons. The highest BCUT2D eigenvalue weighted by atomic mass is 32.1. The van der Waals surface area contributed by atoms with Crippen LogP contribution in [0.2, 0.25) is 0 Å². The molecule has 0 unspecified atom stereocenters. The lowest BCUT2D eigenvalue weighted by atomic mass is 10.1. The Kier molecular flexibility index (Phi) is 3.99. The SMILES string of the molecule is c1ccc2c(c1)sc1c2c2cccnc2n1-c1ccnc(-n2c3ncccc3c3c4ccccc4sc32)n1. The van der Waals surface area contributed by atoms with E-state index in [1.54, 1.807) is 22.7 Å². The number of nitrogens with zero attached hydrogens (tertiary/aromatic N) is 6. The van der Waals surface area contributed by atoms with E-state index in [1.165, 1.54) is 30.9 Å². The van der Waals surface area contributed by atoms with Crippen LogP contribution in [0.5, 0.6) is 0 Å². The van der Waals surface area contributed by atoms with Crippen LogP contribution in [0.3, 0.4) is 0 Å². The molecule has 0 radical (unpaired) electrons. The molecule has 9 rings (SSSR count). The maximum Gasteiger partial charge on any atom is 0.238 e. The topological polar surface area (TPSA) is 61.4 Å². The number of hydrogen-bond acceptors (Lipinski definition) is 6. The van der Waals surface area contributed by atoms with Crippen molar-refractivity contribution in [2.75, 3.05) is 0 Å². The molecule has 0 amide bonds. The Bertz CT molecular complexity index is 2210. The Morgan fingerprint density at radius 2 is 1.05 bits per heavy atom. The molecule has 0 bridgehead atoms. The minimum Gasteiger partial charge on any atom is -0.268 e. The lowest BCUT2D eigenvalue weighted by molar-refractivity contribution is 0.941. The van der Waals surface area contributed by atoms with E-state index < -0.39 is 0 Å². The van der Waals surface area contributed by atoms with Crippen LogP contribution in [0.1, 0.15) is 0 Å². The van der Waals surface area contributed by atoms with E-state index in [0.717, 1.165) is 37.5 Å². The fourth-order valence-electron chi connectivity index (χ4n) is 5.60. The Balaban J connectivity index is 1.37. The van der Waals surface area contributed by atoms with E-state index in [0.29, 0.717) is 5.95 Å². The van der Waals surface area contributed by atoms with Gasteiger partial charge in [-0.2, -0.15) is 4.98 Å². The Morgan fingerprint density at radius 1 is 0.500 bits per heavy atom. The van der Waals surface area contributed by atoms with Gasteiger partial charge in [-0.1, -0.05) is 36.4 Å². The van der Waals surface area contributed by atoms with Crippen molar-refractivity contribution in [2.24, 2.45) is 0 Å². The number of hydrogen-bond donors (Lipinski definition) is 0. The van der Waals surface area contributed by atoms with Crippen LogP contribution in [0.25, 0.3) is 74.4 Å². The third kappa shape index (κ3) is 2.60. The molecule has 7 heterocycles. The lowest BCUT2D eigenvalue weighted by Gasteiger charge is -2.08. The third-order valence-corrected chi connectivity index (χ3v) is 9.46. The third-order valence-electron chi connectivity index (χ3n) is 7.15. The zero-order valence-corrected chi connectivity index (χ0v) is 21.4. The number of aromatic nitrogens is 6.